The van der Waals surface area contributed by atoms with Crippen LogP contribution >= 0.6 is 0 Å². The SMILES string of the molecule is CC1(C)O[C@H]([C@H]2[C@@H](OCc3ccccc3)[C@H](O)CON2Cc2ccccc2)[C@@H]([C@H]2COC(C)(C)O2)O1. The molecular weight excluding hydrogens is 462 g/mol. The fourth-order valence-corrected chi connectivity index (χ4v) is 5.23. The Kier molecular flexibility index (Phi) is 7.49. The van der Waals surface area contributed by atoms with Gasteiger partial charge < -0.3 is 28.8 Å². The predicted molar refractivity (Wildman–Crippen MR) is 131 cm³/mol. The molecule has 6 atom stereocenters. The van der Waals surface area contributed by atoms with Crippen molar-refractivity contribution >= 4 is 0 Å². The molecule has 3 aliphatic heterocycles. The molecule has 8 heteroatoms. The van der Waals surface area contributed by atoms with E-state index in [-0.39, 0.29) is 12.7 Å². The number of nitrogens with zero attached hydrogens (tertiary/aromatic N) is 1. The lowest BCUT2D eigenvalue weighted by molar-refractivity contribution is -0.306. The van der Waals surface area contributed by atoms with Gasteiger partial charge in [-0.1, -0.05) is 60.7 Å². The first-order valence-corrected chi connectivity index (χ1v) is 12.7. The molecule has 3 aliphatic rings. The summed E-state index contributed by atoms with van der Waals surface area (Å²) in [7, 11) is 0. The highest BCUT2D eigenvalue weighted by molar-refractivity contribution is 5.16. The highest BCUT2D eigenvalue weighted by atomic mass is 16.8. The summed E-state index contributed by atoms with van der Waals surface area (Å²) in [6.45, 7) is 8.94. The molecule has 36 heavy (non-hydrogen) atoms. The molecule has 0 amide bonds. The van der Waals surface area contributed by atoms with E-state index in [0.29, 0.717) is 19.8 Å². The number of hydrogen-bond donors (Lipinski definition) is 1. The summed E-state index contributed by atoms with van der Waals surface area (Å²) in [4.78, 5) is 6.12. The van der Waals surface area contributed by atoms with Crippen molar-refractivity contribution in [2.75, 3.05) is 13.2 Å². The van der Waals surface area contributed by atoms with Crippen molar-refractivity contribution in [2.45, 2.75) is 89.0 Å². The van der Waals surface area contributed by atoms with Gasteiger partial charge in [0.2, 0.25) is 0 Å². The third-order valence-electron chi connectivity index (χ3n) is 6.82. The van der Waals surface area contributed by atoms with Crippen LogP contribution < -0.4 is 0 Å². The Morgan fingerprint density at radius 3 is 2.11 bits per heavy atom. The molecule has 0 aliphatic carbocycles. The highest BCUT2D eigenvalue weighted by Gasteiger charge is 2.57. The monoisotopic (exact) mass is 499 g/mol. The molecule has 3 heterocycles. The van der Waals surface area contributed by atoms with E-state index < -0.39 is 42.0 Å². The minimum absolute atomic E-state index is 0.125. The number of ether oxygens (including phenoxy) is 5. The first-order valence-electron chi connectivity index (χ1n) is 12.7. The van der Waals surface area contributed by atoms with E-state index in [9.17, 15) is 5.11 Å². The Bertz CT molecular complexity index is 986. The maximum absolute atomic E-state index is 11.1. The Labute approximate surface area is 212 Å². The molecular formula is C28H37NO7. The maximum atomic E-state index is 11.1. The van der Waals surface area contributed by atoms with E-state index in [4.69, 9.17) is 28.5 Å². The maximum Gasteiger partial charge on any atom is 0.163 e. The Morgan fingerprint density at radius 1 is 0.833 bits per heavy atom. The summed E-state index contributed by atoms with van der Waals surface area (Å²) in [5, 5.41) is 13.0. The van der Waals surface area contributed by atoms with Gasteiger partial charge in [0, 0.05) is 6.54 Å². The van der Waals surface area contributed by atoms with Crippen molar-refractivity contribution < 1.29 is 33.6 Å². The van der Waals surface area contributed by atoms with E-state index >= 15 is 0 Å². The van der Waals surface area contributed by atoms with Crippen molar-refractivity contribution in [1.29, 1.82) is 0 Å². The van der Waals surface area contributed by atoms with Crippen LogP contribution in [-0.2, 0) is 41.7 Å². The molecule has 0 radical (unpaired) electrons. The minimum atomic E-state index is -0.851. The first kappa shape index (κ1) is 25.8. The van der Waals surface area contributed by atoms with Gasteiger partial charge in [-0.05, 0) is 38.8 Å². The smallest absolute Gasteiger partial charge is 0.163 e. The number of benzene rings is 2. The van der Waals surface area contributed by atoms with Crippen LogP contribution in [0.3, 0.4) is 0 Å². The van der Waals surface area contributed by atoms with Crippen molar-refractivity contribution in [3.05, 3.63) is 71.8 Å². The lowest BCUT2D eigenvalue weighted by atomic mass is 9.92. The summed E-state index contributed by atoms with van der Waals surface area (Å²) >= 11 is 0. The van der Waals surface area contributed by atoms with Gasteiger partial charge in [0.15, 0.2) is 11.6 Å². The molecule has 8 nitrogen and oxygen atoms in total. The topological polar surface area (TPSA) is 78.9 Å². The third kappa shape index (κ3) is 5.82. The molecule has 196 valence electrons. The molecule has 0 aromatic heterocycles. The van der Waals surface area contributed by atoms with Crippen molar-refractivity contribution in [1.82, 2.24) is 5.06 Å². The van der Waals surface area contributed by atoms with Crippen LogP contribution in [0.15, 0.2) is 60.7 Å². The average Bonchev–Trinajstić information content (AvgIpc) is 3.38. The number of hydroxylamine groups is 2. The van der Waals surface area contributed by atoms with Crippen LogP contribution in [0.5, 0.6) is 0 Å². The summed E-state index contributed by atoms with van der Waals surface area (Å²) in [5.41, 5.74) is 2.11. The number of aliphatic hydroxyl groups is 1. The number of aliphatic hydroxyl groups excluding tert-OH is 1. The summed E-state index contributed by atoms with van der Waals surface area (Å²) in [6, 6.07) is 19.6. The Morgan fingerprint density at radius 2 is 1.47 bits per heavy atom. The van der Waals surface area contributed by atoms with Crippen LogP contribution in [-0.4, -0.2) is 71.5 Å². The number of hydrogen-bond acceptors (Lipinski definition) is 8. The lowest BCUT2D eigenvalue weighted by Crippen LogP contribution is -2.63. The molecule has 0 bridgehead atoms. The second kappa shape index (κ2) is 10.5. The van der Waals surface area contributed by atoms with Gasteiger partial charge in [-0.3, -0.25) is 4.84 Å². The molecule has 3 saturated heterocycles. The van der Waals surface area contributed by atoms with Gasteiger partial charge in [0.1, 0.15) is 30.5 Å². The van der Waals surface area contributed by atoms with Gasteiger partial charge in [-0.25, -0.2) is 0 Å². The molecule has 0 unspecified atom stereocenters. The fourth-order valence-electron chi connectivity index (χ4n) is 5.23. The quantitative estimate of drug-likeness (QED) is 0.621. The number of rotatable bonds is 7. The fraction of sp³-hybridized carbons (Fsp3) is 0.571. The third-order valence-corrected chi connectivity index (χ3v) is 6.82. The Hall–Kier alpha value is -1.88. The van der Waals surface area contributed by atoms with Crippen LogP contribution in [0.4, 0.5) is 0 Å². The van der Waals surface area contributed by atoms with E-state index in [1.807, 2.05) is 81.3 Å². The van der Waals surface area contributed by atoms with E-state index in [2.05, 4.69) is 12.1 Å². The standard InChI is InChI=1S/C28H37NO7/c1-27(2)32-18-22(34-27)25-26(36-28(3,4)35-25)23-24(31-16-20-13-9-6-10-14-20)21(30)17-33-29(23)15-19-11-7-5-8-12-19/h5-14,21-26,30H,15-18H2,1-4H3/t21-,22-,23-,24+,25-,26-/m1/s1. The van der Waals surface area contributed by atoms with Gasteiger partial charge in [0.25, 0.3) is 0 Å². The summed E-state index contributed by atoms with van der Waals surface area (Å²) in [6.07, 6.45) is -2.69. The largest absolute Gasteiger partial charge is 0.388 e. The Balaban J connectivity index is 1.46. The van der Waals surface area contributed by atoms with E-state index in [0.717, 1.165) is 11.1 Å². The van der Waals surface area contributed by atoms with Crippen LogP contribution in [0.2, 0.25) is 0 Å². The molecule has 0 spiro atoms. The van der Waals surface area contributed by atoms with E-state index in [1.165, 1.54) is 0 Å². The second-order valence-electron chi connectivity index (χ2n) is 10.6. The zero-order valence-corrected chi connectivity index (χ0v) is 21.4. The molecule has 1 N–H and O–H groups in total. The van der Waals surface area contributed by atoms with Crippen LogP contribution in [0.1, 0.15) is 38.8 Å². The lowest BCUT2D eigenvalue weighted by Gasteiger charge is -2.46. The van der Waals surface area contributed by atoms with Crippen molar-refractivity contribution in [3.63, 3.8) is 0 Å². The minimum Gasteiger partial charge on any atom is -0.388 e. The molecule has 2 aromatic rings. The molecule has 2 aromatic carbocycles. The summed E-state index contributed by atoms with van der Waals surface area (Å²) < 4.78 is 31.4. The summed E-state index contributed by atoms with van der Waals surface area (Å²) in [5.74, 6) is -1.56. The van der Waals surface area contributed by atoms with Gasteiger partial charge in [-0.15, -0.1) is 0 Å². The van der Waals surface area contributed by atoms with Crippen LogP contribution in [0.25, 0.3) is 0 Å². The van der Waals surface area contributed by atoms with Crippen molar-refractivity contribution in [3.8, 4) is 0 Å². The van der Waals surface area contributed by atoms with Crippen LogP contribution in [0, 0.1) is 0 Å². The second-order valence-corrected chi connectivity index (χ2v) is 10.6. The highest BCUT2D eigenvalue weighted by Crippen LogP contribution is 2.40. The molecule has 0 saturated carbocycles. The zero-order chi connectivity index (χ0) is 25.3. The van der Waals surface area contributed by atoms with Gasteiger partial charge in [0.05, 0.1) is 25.9 Å². The average molecular weight is 500 g/mol. The molecule has 3 fully saturated rings. The van der Waals surface area contributed by atoms with Crippen molar-refractivity contribution in [2.24, 2.45) is 0 Å². The van der Waals surface area contributed by atoms with E-state index in [1.54, 1.807) is 0 Å². The van der Waals surface area contributed by atoms with Gasteiger partial charge >= 0.3 is 0 Å². The predicted octanol–water partition coefficient (Wildman–Crippen LogP) is 3.42. The zero-order valence-electron chi connectivity index (χ0n) is 21.4. The first-order chi connectivity index (χ1) is 17.2. The normalized spacial score (nSPS) is 34.1. The molecule has 5 rings (SSSR count). The van der Waals surface area contributed by atoms with Gasteiger partial charge in [-0.2, -0.15) is 5.06 Å².